The van der Waals surface area contributed by atoms with Crippen molar-refractivity contribution in [2.24, 2.45) is 0 Å². The number of nitro benzene ring substituents is 1. The Kier molecular flexibility index (Phi) is 6.28. The molecule has 0 atom stereocenters. The number of amides is 1. The van der Waals surface area contributed by atoms with E-state index in [0.717, 1.165) is 15.1 Å². The van der Waals surface area contributed by atoms with Gasteiger partial charge in [0.1, 0.15) is 0 Å². The number of non-ortho nitro benzene ring substituents is 1. The van der Waals surface area contributed by atoms with Crippen molar-refractivity contribution in [2.45, 2.75) is 4.90 Å². The number of rotatable bonds is 7. The van der Waals surface area contributed by atoms with Crippen molar-refractivity contribution in [2.75, 3.05) is 38.3 Å². The van der Waals surface area contributed by atoms with Gasteiger partial charge in [-0.2, -0.15) is 0 Å². The third kappa shape index (κ3) is 4.49. The number of likely N-dealkylation sites (N-methyl/N-ethyl adjacent to an activating group) is 1. The summed E-state index contributed by atoms with van der Waals surface area (Å²) in [6.45, 7) is 1.14. The van der Waals surface area contributed by atoms with E-state index in [1.54, 1.807) is 16.7 Å². The van der Waals surface area contributed by atoms with Gasteiger partial charge in [-0.1, -0.05) is 11.3 Å². The Bertz CT molecular complexity index is 1000. The molecule has 7 nitrogen and oxygen atoms in total. The quantitative estimate of drug-likeness (QED) is 0.327. The number of carbonyl (C=O) groups excluding carboxylic acids is 1. The van der Waals surface area contributed by atoms with Crippen molar-refractivity contribution in [1.29, 1.82) is 0 Å². The van der Waals surface area contributed by atoms with Gasteiger partial charge in [0, 0.05) is 35.7 Å². The molecular formula is C19H20N4O3S2. The number of nitrogens with zero attached hydrogens (tertiary/aromatic N) is 4. The summed E-state index contributed by atoms with van der Waals surface area (Å²) >= 11 is 3.13. The molecule has 0 fully saturated rings. The molecule has 0 spiro atoms. The number of thioether (sulfide) groups is 1. The standard InChI is InChI=1S/C19H20N4O3S2/c1-21(2)10-11-22(18(24)13-4-6-14(7-5-13)23(25)26)19-20-16-9-8-15(27-3)12-17(16)28-19/h4-9,12H,10-11H2,1-3H3. The maximum atomic E-state index is 13.1. The van der Waals surface area contributed by atoms with E-state index in [4.69, 9.17) is 0 Å². The number of benzene rings is 2. The van der Waals surface area contributed by atoms with Crippen LogP contribution < -0.4 is 4.90 Å². The highest BCUT2D eigenvalue weighted by molar-refractivity contribution is 7.98. The van der Waals surface area contributed by atoms with Crippen LogP contribution >= 0.6 is 23.1 Å². The fourth-order valence-corrected chi connectivity index (χ4v) is 4.14. The van der Waals surface area contributed by atoms with E-state index in [1.165, 1.54) is 35.6 Å². The molecule has 0 bridgehead atoms. The largest absolute Gasteiger partial charge is 0.308 e. The lowest BCUT2D eigenvalue weighted by Gasteiger charge is -2.22. The lowest BCUT2D eigenvalue weighted by Crippen LogP contribution is -2.36. The third-order valence-corrected chi connectivity index (χ3v) is 5.92. The fraction of sp³-hybridized carbons (Fsp3) is 0.263. The average molecular weight is 417 g/mol. The monoisotopic (exact) mass is 416 g/mol. The van der Waals surface area contributed by atoms with Gasteiger partial charge in [-0.15, -0.1) is 11.8 Å². The molecule has 3 rings (SSSR count). The minimum absolute atomic E-state index is 0.0408. The molecule has 0 aliphatic rings. The van der Waals surface area contributed by atoms with Gasteiger partial charge in [-0.3, -0.25) is 19.8 Å². The highest BCUT2D eigenvalue weighted by Crippen LogP contribution is 2.32. The van der Waals surface area contributed by atoms with Crippen LogP contribution in [0.3, 0.4) is 0 Å². The number of carbonyl (C=O) groups is 1. The first-order chi connectivity index (χ1) is 13.4. The summed E-state index contributed by atoms with van der Waals surface area (Å²) < 4.78 is 1.02. The molecular weight excluding hydrogens is 396 g/mol. The van der Waals surface area contributed by atoms with E-state index in [9.17, 15) is 14.9 Å². The zero-order valence-electron chi connectivity index (χ0n) is 15.8. The smallest absolute Gasteiger partial charge is 0.269 e. The molecule has 3 aromatic rings. The summed E-state index contributed by atoms with van der Waals surface area (Å²) in [6.07, 6.45) is 2.02. The molecule has 1 amide bonds. The fourth-order valence-electron chi connectivity index (χ4n) is 2.60. The van der Waals surface area contributed by atoms with Crippen LogP contribution in [0.4, 0.5) is 10.8 Å². The summed E-state index contributed by atoms with van der Waals surface area (Å²) in [5.74, 6) is -0.221. The maximum absolute atomic E-state index is 13.1. The van der Waals surface area contributed by atoms with Crippen LogP contribution in [-0.2, 0) is 0 Å². The molecule has 9 heteroatoms. The van der Waals surface area contributed by atoms with Crippen molar-refractivity contribution in [3.8, 4) is 0 Å². The first kappa shape index (κ1) is 20.2. The normalized spacial score (nSPS) is 11.1. The second kappa shape index (κ2) is 8.68. The number of anilines is 1. The Labute approximate surface area is 171 Å². The summed E-state index contributed by atoms with van der Waals surface area (Å²) in [7, 11) is 3.88. The van der Waals surface area contributed by atoms with Gasteiger partial charge < -0.3 is 4.90 Å². The van der Waals surface area contributed by atoms with Gasteiger partial charge in [0.05, 0.1) is 15.1 Å². The summed E-state index contributed by atoms with van der Waals surface area (Å²) in [5, 5.41) is 11.5. The minimum atomic E-state index is -0.477. The van der Waals surface area contributed by atoms with Crippen LogP contribution in [0.1, 0.15) is 10.4 Å². The van der Waals surface area contributed by atoms with Crippen LogP contribution in [0, 0.1) is 10.1 Å². The predicted molar refractivity (Wildman–Crippen MR) is 115 cm³/mol. The first-order valence-electron chi connectivity index (χ1n) is 8.54. The molecule has 1 heterocycles. The Balaban J connectivity index is 1.95. The second-order valence-electron chi connectivity index (χ2n) is 6.39. The van der Waals surface area contributed by atoms with E-state index in [0.29, 0.717) is 23.8 Å². The molecule has 146 valence electrons. The molecule has 0 aliphatic carbocycles. The summed E-state index contributed by atoms with van der Waals surface area (Å²) in [6, 6.07) is 11.7. The van der Waals surface area contributed by atoms with E-state index >= 15 is 0 Å². The van der Waals surface area contributed by atoms with Gasteiger partial charge in [0.15, 0.2) is 5.13 Å². The molecule has 28 heavy (non-hydrogen) atoms. The Morgan fingerprint density at radius 2 is 1.89 bits per heavy atom. The summed E-state index contributed by atoms with van der Waals surface area (Å²) in [4.78, 5) is 33.0. The van der Waals surface area contributed by atoms with E-state index in [-0.39, 0.29) is 11.6 Å². The van der Waals surface area contributed by atoms with Gasteiger partial charge in [0.25, 0.3) is 11.6 Å². The van der Waals surface area contributed by atoms with Crippen molar-refractivity contribution in [1.82, 2.24) is 9.88 Å². The zero-order valence-corrected chi connectivity index (χ0v) is 17.4. The molecule has 0 saturated heterocycles. The highest BCUT2D eigenvalue weighted by Gasteiger charge is 2.22. The summed E-state index contributed by atoms with van der Waals surface area (Å²) in [5.41, 5.74) is 1.21. The predicted octanol–water partition coefficient (Wildman–Crippen LogP) is 4.13. The number of aromatic nitrogens is 1. The second-order valence-corrected chi connectivity index (χ2v) is 8.28. The molecule has 1 aromatic heterocycles. The van der Waals surface area contributed by atoms with Gasteiger partial charge >= 0.3 is 0 Å². The molecule has 0 N–H and O–H groups in total. The molecule has 0 aliphatic heterocycles. The zero-order chi connectivity index (χ0) is 20.3. The topological polar surface area (TPSA) is 79.6 Å². The number of hydrogen-bond donors (Lipinski definition) is 0. The Morgan fingerprint density at radius 1 is 1.18 bits per heavy atom. The number of thiazole rings is 1. The number of nitro groups is 1. The van der Waals surface area contributed by atoms with Crippen LogP contribution in [-0.4, -0.2) is 54.2 Å². The van der Waals surface area contributed by atoms with Crippen LogP contribution in [0.2, 0.25) is 0 Å². The third-order valence-electron chi connectivity index (χ3n) is 4.16. The lowest BCUT2D eigenvalue weighted by molar-refractivity contribution is -0.384. The number of hydrogen-bond acceptors (Lipinski definition) is 7. The van der Waals surface area contributed by atoms with Crippen molar-refractivity contribution in [3.63, 3.8) is 0 Å². The van der Waals surface area contributed by atoms with Crippen LogP contribution in [0.25, 0.3) is 10.2 Å². The highest BCUT2D eigenvalue weighted by atomic mass is 32.2. The molecule has 2 aromatic carbocycles. The SMILES string of the molecule is CSc1ccc2nc(N(CCN(C)C)C(=O)c3ccc([N+](=O)[O-])cc3)sc2c1. The number of fused-ring (bicyclic) bond motifs is 1. The van der Waals surface area contributed by atoms with Gasteiger partial charge in [0.2, 0.25) is 0 Å². The van der Waals surface area contributed by atoms with Crippen molar-refractivity contribution in [3.05, 3.63) is 58.1 Å². The molecule has 0 unspecified atom stereocenters. The van der Waals surface area contributed by atoms with Gasteiger partial charge in [-0.05, 0) is 50.7 Å². The van der Waals surface area contributed by atoms with Crippen molar-refractivity contribution < 1.29 is 9.72 Å². The molecule has 0 radical (unpaired) electrons. The van der Waals surface area contributed by atoms with E-state index < -0.39 is 4.92 Å². The van der Waals surface area contributed by atoms with Gasteiger partial charge in [-0.25, -0.2) is 4.98 Å². The van der Waals surface area contributed by atoms with E-state index in [1.807, 2.05) is 37.4 Å². The van der Waals surface area contributed by atoms with E-state index in [2.05, 4.69) is 11.1 Å². The lowest BCUT2D eigenvalue weighted by atomic mass is 10.2. The Hall–Kier alpha value is -2.49. The van der Waals surface area contributed by atoms with Crippen molar-refractivity contribution >= 4 is 50.0 Å². The van der Waals surface area contributed by atoms with Crippen LogP contribution in [0.5, 0.6) is 0 Å². The van der Waals surface area contributed by atoms with Crippen LogP contribution in [0.15, 0.2) is 47.4 Å². The minimum Gasteiger partial charge on any atom is -0.308 e. The molecule has 0 saturated carbocycles. The maximum Gasteiger partial charge on any atom is 0.269 e. The average Bonchev–Trinajstić information content (AvgIpc) is 3.10. The Morgan fingerprint density at radius 3 is 2.50 bits per heavy atom. The first-order valence-corrected chi connectivity index (χ1v) is 10.6.